The van der Waals surface area contributed by atoms with Crippen molar-refractivity contribution in [2.45, 2.75) is 0 Å². The molecule has 3 aromatic rings. The Bertz CT molecular complexity index is 641. The summed E-state index contributed by atoms with van der Waals surface area (Å²) in [6, 6.07) is 17.1. The van der Waals surface area contributed by atoms with Crippen molar-refractivity contribution in [2.24, 2.45) is 0 Å². The van der Waals surface area contributed by atoms with Crippen LogP contribution < -0.4 is 0 Å². The maximum absolute atomic E-state index is 13.0. The van der Waals surface area contributed by atoms with Crippen LogP contribution in [0.15, 0.2) is 54.6 Å². The van der Waals surface area contributed by atoms with Crippen molar-refractivity contribution < 1.29 is 4.39 Å². The molecule has 0 bridgehead atoms. The molecule has 0 atom stereocenters. The second kappa shape index (κ2) is 3.06. The van der Waals surface area contributed by atoms with Crippen molar-refractivity contribution in [3.8, 4) is 0 Å². The van der Waals surface area contributed by atoms with Gasteiger partial charge in [0.15, 0.2) is 0 Å². The molecule has 0 aliphatic carbocycles. The zero-order valence-corrected chi connectivity index (χ0v) is 8.07. The summed E-state index contributed by atoms with van der Waals surface area (Å²) in [6.07, 6.45) is 0. The Morgan fingerprint density at radius 3 is 2.33 bits per heavy atom. The topological polar surface area (TPSA) is 0 Å². The lowest BCUT2D eigenvalue weighted by molar-refractivity contribution is 0.630. The predicted molar refractivity (Wildman–Crippen MR) is 61.4 cm³/mol. The molecule has 0 nitrogen and oxygen atoms in total. The lowest BCUT2D eigenvalue weighted by Crippen LogP contribution is -1.79. The fourth-order valence-corrected chi connectivity index (χ4v) is 1.98. The fraction of sp³-hybridized carbons (Fsp3) is 0. The summed E-state index contributed by atoms with van der Waals surface area (Å²) in [5, 5.41) is 4.43. The van der Waals surface area contributed by atoms with Crippen LogP contribution in [0.2, 0.25) is 0 Å². The highest BCUT2D eigenvalue weighted by molar-refractivity contribution is 6.07. The summed E-state index contributed by atoms with van der Waals surface area (Å²) in [5.41, 5.74) is 0. The number of benzene rings is 3. The van der Waals surface area contributed by atoms with Gasteiger partial charge in [-0.15, -0.1) is 0 Å². The number of halogens is 1. The lowest BCUT2D eigenvalue weighted by Gasteiger charge is -2.03. The third-order valence-corrected chi connectivity index (χ3v) is 2.71. The summed E-state index contributed by atoms with van der Waals surface area (Å²) in [5.74, 6) is -0.183. The van der Waals surface area contributed by atoms with Gasteiger partial charge in [-0.2, -0.15) is 0 Å². The van der Waals surface area contributed by atoms with Crippen molar-refractivity contribution in [1.29, 1.82) is 0 Å². The van der Waals surface area contributed by atoms with E-state index < -0.39 is 0 Å². The monoisotopic (exact) mass is 196 g/mol. The maximum Gasteiger partial charge on any atom is 0.123 e. The number of hydrogen-bond donors (Lipinski definition) is 0. The van der Waals surface area contributed by atoms with E-state index in [-0.39, 0.29) is 5.82 Å². The molecule has 0 spiro atoms. The molecule has 0 aromatic heterocycles. The largest absolute Gasteiger partial charge is 0.207 e. The highest BCUT2D eigenvalue weighted by atomic mass is 19.1. The van der Waals surface area contributed by atoms with Gasteiger partial charge in [-0.1, -0.05) is 42.5 Å². The molecule has 15 heavy (non-hydrogen) atoms. The zero-order valence-electron chi connectivity index (χ0n) is 8.07. The molecule has 0 N–H and O–H groups in total. The van der Waals surface area contributed by atoms with Crippen molar-refractivity contribution in [3.05, 3.63) is 60.4 Å². The number of fused-ring (bicyclic) bond motifs is 3. The van der Waals surface area contributed by atoms with Gasteiger partial charge < -0.3 is 0 Å². The molecule has 0 fully saturated rings. The highest BCUT2D eigenvalue weighted by Gasteiger charge is 2.00. The third-order valence-electron chi connectivity index (χ3n) is 2.71. The smallest absolute Gasteiger partial charge is 0.123 e. The van der Waals surface area contributed by atoms with Gasteiger partial charge in [-0.05, 0) is 33.7 Å². The lowest BCUT2D eigenvalue weighted by atomic mass is 10.0. The Morgan fingerprint density at radius 2 is 1.40 bits per heavy atom. The van der Waals surface area contributed by atoms with E-state index in [0.29, 0.717) is 0 Å². The van der Waals surface area contributed by atoms with Gasteiger partial charge in [0, 0.05) is 0 Å². The molecular weight excluding hydrogens is 187 g/mol. The number of rotatable bonds is 0. The molecule has 0 radical (unpaired) electrons. The Morgan fingerprint density at radius 1 is 0.667 bits per heavy atom. The molecule has 0 unspecified atom stereocenters. The average molecular weight is 196 g/mol. The minimum atomic E-state index is -0.183. The average Bonchev–Trinajstić information content (AvgIpc) is 2.28. The summed E-state index contributed by atoms with van der Waals surface area (Å²) in [7, 11) is 0. The summed E-state index contributed by atoms with van der Waals surface area (Å²) in [6.45, 7) is 0. The molecule has 0 saturated carbocycles. The second-order valence-electron chi connectivity index (χ2n) is 3.65. The van der Waals surface area contributed by atoms with Crippen LogP contribution in [0.1, 0.15) is 0 Å². The van der Waals surface area contributed by atoms with Gasteiger partial charge in [0.2, 0.25) is 0 Å². The first kappa shape index (κ1) is 8.42. The molecule has 0 heterocycles. The van der Waals surface area contributed by atoms with E-state index in [4.69, 9.17) is 0 Å². The van der Waals surface area contributed by atoms with Crippen LogP contribution >= 0.6 is 0 Å². The van der Waals surface area contributed by atoms with Crippen LogP contribution in [0, 0.1) is 5.82 Å². The first-order chi connectivity index (χ1) is 7.34. The van der Waals surface area contributed by atoms with E-state index in [0.717, 1.165) is 10.8 Å². The minimum absolute atomic E-state index is 0.183. The van der Waals surface area contributed by atoms with Crippen molar-refractivity contribution in [1.82, 2.24) is 0 Å². The second-order valence-corrected chi connectivity index (χ2v) is 3.65. The molecule has 72 valence electrons. The van der Waals surface area contributed by atoms with Gasteiger partial charge in [0.1, 0.15) is 5.82 Å². The zero-order chi connectivity index (χ0) is 10.3. The van der Waals surface area contributed by atoms with Gasteiger partial charge in [-0.3, -0.25) is 0 Å². The molecule has 3 aromatic carbocycles. The molecular formula is C14H9F. The van der Waals surface area contributed by atoms with Crippen molar-refractivity contribution in [2.75, 3.05) is 0 Å². The van der Waals surface area contributed by atoms with Crippen molar-refractivity contribution in [3.63, 3.8) is 0 Å². The predicted octanol–water partition coefficient (Wildman–Crippen LogP) is 4.13. The maximum atomic E-state index is 13.0. The van der Waals surface area contributed by atoms with Crippen LogP contribution in [-0.2, 0) is 0 Å². The standard InChI is InChI=1S/C14H9F/c15-12-7-8-14-11(9-12)6-5-10-3-1-2-4-13(10)14/h1-9H. The van der Waals surface area contributed by atoms with Gasteiger partial charge in [-0.25, -0.2) is 4.39 Å². The third kappa shape index (κ3) is 1.28. The van der Waals surface area contributed by atoms with Gasteiger partial charge in [0.05, 0.1) is 0 Å². The Balaban J connectivity index is 2.55. The first-order valence-corrected chi connectivity index (χ1v) is 4.92. The summed E-state index contributed by atoms with van der Waals surface area (Å²) in [4.78, 5) is 0. The highest BCUT2D eigenvalue weighted by Crippen LogP contribution is 2.25. The minimum Gasteiger partial charge on any atom is -0.207 e. The van der Waals surface area contributed by atoms with Crippen LogP contribution in [0.3, 0.4) is 0 Å². The Labute approximate surface area is 87.0 Å². The first-order valence-electron chi connectivity index (χ1n) is 4.92. The normalized spacial score (nSPS) is 11.0. The van der Waals surface area contributed by atoms with Crippen LogP contribution in [0.4, 0.5) is 4.39 Å². The quantitative estimate of drug-likeness (QED) is 0.474. The van der Waals surface area contributed by atoms with E-state index >= 15 is 0 Å². The molecule has 1 heteroatoms. The van der Waals surface area contributed by atoms with Crippen LogP contribution in [0.5, 0.6) is 0 Å². The number of hydrogen-bond acceptors (Lipinski definition) is 0. The van der Waals surface area contributed by atoms with Gasteiger partial charge in [0.25, 0.3) is 0 Å². The van der Waals surface area contributed by atoms with Crippen LogP contribution in [-0.4, -0.2) is 0 Å². The molecule has 0 saturated heterocycles. The summed E-state index contributed by atoms with van der Waals surface area (Å²) >= 11 is 0. The van der Waals surface area contributed by atoms with E-state index in [1.807, 2.05) is 30.3 Å². The molecule has 0 aliphatic heterocycles. The SMILES string of the molecule is Fc1ccc2c(ccc3ccccc32)c1. The van der Waals surface area contributed by atoms with Gasteiger partial charge >= 0.3 is 0 Å². The van der Waals surface area contributed by atoms with E-state index in [1.54, 1.807) is 6.07 Å². The fourth-order valence-electron chi connectivity index (χ4n) is 1.98. The van der Waals surface area contributed by atoms with E-state index in [9.17, 15) is 4.39 Å². The molecule has 3 rings (SSSR count). The van der Waals surface area contributed by atoms with E-state index in [1.165, 1.54) is 16.8 Å². The Hall–Kier alpha value is -1.89. The summed E-state index contributed by atoms with van der Waals surface area (Å²) < 4.78 is 13.0. The van der Waals surface area contributed by atoms with Crippen LogP contribution in [0.25, 0.3) is 21.5 Å². The Kier molecular flexibility index (Phi) is 1.72. The van der Waals surface area contributed by atoms with Crippen molar-refractivity contribution >= 4 is 21.5 Å². The molecule has 0 aliphatic rings. The molecule has 0 amide bonds. The van der Waals surface area contributed by atoms with E-state index in [2.05, 4.69) is 12.1 Å².